The summed E-state index contributed by atoms with van der Waals surface area (Å²) in [7, 11) is -4.00. The van der Waals surface area contributed by atoms with E-state index in [1.54, 1.807) is 29.1 Å². The average molecular weight is 500 g/mol. The third-order valence-corrected chi connectivity index (χ3v) is 5.79. The number of hydrogen-bond acceptors (Lipinski definition) is 6. The van der Waals surface area contributed by atoms with E-state index in [1.807, 2.05) is 0 Å². The van der Waals surface area contributed by atoms with Gasteiger partial charge < -0.3 is 5.11 Å². The van der Waals surface area contributed by atoms with Crippen molar-refractivity contribution in [1.82, 2.24) is 15.2 Å². The van der Waals surface area contributed by atoms with Crippen LogP contribution in [0.15, 0.2) is 48.7 Å². The molecule has 0 aliphatic carbocycles. The molecular formula is C23H18F2N4O5S. The molecule has 0 amide bonds. The first-order valence-electron chi connectivity index (χ1n) is 10.2. The number of carbonyl (C=O) groups is 2. The van der Waals surface area contributed by atoms with Crippen LogP contribution in [-0.2, 0) is 22.9 Å². The summed E-state index contributed by atoms with van der Waals surface area (Å²) < 4.78 is 53.6. The minimum atomic E-state index is -4.00. The summed E-state index contributed by atoms with van der Waals surface area (Å²) in [4.78, 5) is 28.3. The number of fused-ring (bicyclic) bond motifs is 1. The molecule has 4 rings (SSSR count). The van der Waals surface area contributed by atoms with Gasteiger partial charge in [0.1, 0.15) is 17.2 Å². The predicted octanol–water partition coefficient (Wildman–Crippen LogP) is 3.32. The summed E-state index contributed by atoms with van der Waals surface area (Å²) in [6.45, 7) is 0. The molecule has 0 unspecified atom stereocenters. The minimum absolute atomic E-state index is 0.157. The van der Waals surface area contributed by atoms with E-state index >= 15 is 0 Å². The molecule has 0 atom stereocenters. The first kappa shape index (κ1) is 24.0. The van der Waals surface area contributed by atoms with Crippen LogP contribution in [-0.4, -0.2) is 46.7 Å². The Morgan fingerprint density at radius 1 is 1.06 bits per heavy atom. The number of sulfonamides is 1. The number of hydrogen-bond donors (Lipinski definition) is 3. The number of carbonyl (C=O) groups excluding carboxylic acids is 1. The molecule has 35 heavy (non-hydrogen) atoms. The quantitative estimate of drug-likeness (QED) is 0.315. The van der Waals surface area contributed by atoms with Crippen molar-refractivity contribution in [3.8, 4) is 0 Å². The largest absolute Gasteiger partial charge is 0.478 e. The number of nitrogens with one attached hydrogen (secondary N) is 2. The van der Waals surface area contributed by atoms with Crippen LogP contribution in [0, 0.1) is 11.6 Å². The molecule has 4 aromatic rings. The molecule has 0 aliphatic rings. The number of nitrogens with zero attached hydrogens (tertiary/aromatic N) is 2. The maximum absolute atomic E-state index is 14.9. The number of aryl methyl sites for hydroxylation is 2. The van der Waals surface area contributed by atoms with Crippen LogP contribution < -0.4 is 4.72 Å². The molecule has 0 fully saturated rings. The highest BCUT2D eigenvalue weighted by molar-refractivity contribution is 7.92. The second-order valence-corrected chi connectivity index (χ2v) is 9.55. The normalized spacial score (nSPS) is 11.5. The summed E-state index contributed by atoms with van der Waals surface area (Å²) in [5, 5.41) is 15.8. The Morgan fingerprint density at radius 2 is 1.74 bits per heavy atom. The summed E-state index contributed by atoms with van der Waals surface area (Å²) >= 11 is 0. The molecule has 180 valence electrons. The summed E-state index contributed by atoms with van der Waals surface area (Å²) in [6, 6.07) is 9.81. The van der Waals surface area contributed by atoms with Gasteiger partial charge in [-0.3, -0.25) is 14.6 Å². The fraction of sp³-hybridized carbons (Fsp3) is 0.130. The van der Waals surface area contributed by atoms with Crippen molar-refractivity contribution in [2.24, 2.45) is 0 Å². The van der Waals surface area contributed by atoms with E-state index < -0.39 is 44.7 Å². The maximum atomic E-state index is 14.9. The Hall–Kier alpha value is -4.19. The molecule has 0 radical (unpaired) electrons. The zero-order valence-electron chi connectivity index (χ0n) is 18.2. The van der Waals surface area contributed by atoms with Gasteiger partial charge in [0.15, 0.2) is 11.5 Å². The highest BCUT2D eigenvalue weighted by atomic mass is 32.2. The number of carboxylic acids is 1. The Kier molecular flexibility index (Phi) is 6.31. The van der Waals surface area contributed by atoms with Gasteiger partial charge in [-0.2, -0.15) is 5.10 Å². The number of benzene rings is 2. The fourth-order valence-electron chi connectivity index (χ4n) is 3.49. The lowest BCUT2D eigenvalue weighted by molar-refractivity contribution is 0.0696. The van der Waals surface area contributed by atoms with Crippen LogP contribution >= 0.6 is 0 Å². The Bertz CT molecular complexity index is 1570. The van der Waals surface area contributed by atoms with Crippen LogP contribution in [0.2, 0.25) is 0 Å². The zero-order valence-corrected chi connectivity index (χ0v) is 19.0. The number of halogens is 2. The van der Waals surface area contributed by atoms with E-state index in [4.69, 9.17) is 5.11 Å². The number of anilines is 1. The van der Waals surface area contributed by atoms with Gasteiger partial charge in [0.2, 0.25) is 15.8 Å². The van der Waals surface area contributed by atoms with Gasteiger partial charge >= 0.3 is 5.97 Å². The number of rotatable bonds is 8. The van der Waals surface area contributed by atoms with E-state index in [9.17, 15) is 26.8 Å². The summed E-state index contributed by atoms with van der Waals surface area (Å²) in [5.74, 6) is -4.42. The van der Waals surface area contributed by atoms with E-state index in [-0.39, 0.29) is 16.9 Å². The second-order valence-electron chi connectivity index (χ2n) is 7.80. The third-order valence-electron chi connectivity index (χ3n) is 5.21. The van der Waals surface area contributed by atoms with Crippen LogP contribution in [0.3, 0.4) is 0 Å². The number of carboxylic acid groups (broad SMARTS) is 1. The standard InChI is InChI=1S/C23H18F2N4O5S/c1-35(33,34)29-20-17(24)9-8-15(18(20)25)21(30)19-16-10-13(11-26-22(16)28-27-19)3-2-12-4-6-14(7-5-12)23(31)32/h4-11,29H,2-3H2,1H3,(H,31,32)(H,26,27,28). The Labute approximate surface area is 197 Å². The number of aromatic nitrogens is 3. The van der Waals surface area contributed by atoms with E-state index in [0.717, 1.165) is 29.5 Å². The summed E-state index contributed by atoms with van der Waals surface area (Å²) in [6.07, 6.45) is 3.41. The van der Waals surface area contributed by atoms with Crippen molar-refractivity contribution in [2.75, 3.05) is 11.0 Å². The van der Waals surface area contributed by atoms with Gasteiger partial charge in [0.05, 0.1) is 22.8 Å². The number of H-pyrrole nitrogens is 1. The molecule has 12 heteroatoms. The molecule has 9 nitrogen and oxygen atoms in total. The van der Waals surface area contributed by atoms with E-state index in [2.05, 4.69) is 15.2 Å². The smallest absolute Gasteiger partial charge is 0.335 e. The van der Waals surface area contributed by atoms with Crippen LogP contribution in [0.25, 0.3) is 11.0 Å². The molecule has 0 saturated carbocycles. The highest BCUT2D eigenvalue weighted by Crippen LogP contribution is 2.27. The molecule has 0 spiro atoms. The number of pyridine rings is 1. The average Bonchev–Trinajstić information content (AvgIpc) is 3.23. The van der Waals surface area contributed by atoms with Crippen molar-refractivity contribution >= 4 is 38.5 Å². The molecule has 2 aromatic carbocycles. The lowest BCUT2D eigenvalue weighted by Crippen LogP contribution is -2.15. The molecule has 3 N–H and O–H groups in total. The molecule has 2 heterocycles. The number of aromatic carboxylic acids is 1. The molecule has 0 saturated heterocycles. The van der Waals surface area contributed by atoms with Gasteiger partial charge in [-0.05, 0) is 54.3 Å². The van der Waals surface area contributed by atoms with Crippen molar-refractivity contribution in [2.45, 2.75) is 12.8 Å². The van der Waals surface area contributed by atoms with Crippen molar-refractivity contribution in [3.05, 3.63) is 88.2 Å². The van der Waals surface area contributed by atoms with Gasteiger partial charge in [-0.1, -0.05) is 12.1 Å². The van der Waals surface area contributed by atoms with Gasteiger partial charge in [-0.15, -0.1) is 0 Å². The molecule has 0 aliphatic heterocycles. The first-order valence-corrected chi connectivity index (χ1v) is 12.1. The fourth-order valence-corrected chi connectivity index (χ4v) is 4.05. The van der Waals surface area contributed by atoms with Crippen molar-refractivity contribution in [1.29, 1.82) is 0 Å². The SMILES string of the molecule is CS(=O)(=O)Nc1c(F)ccc(C(=O)c2n[nH]c3ncc(CCc4ccc(C(=O)O)cc4)cc23)c1F. The Balaban J connectivity index is 1.62. The number of ketones is 1. The van der Waals surface area contributed by atoms with E-state index in [1.165, 1.54) is 12.1 Å². The van der Waals surface area contributed by atoms with Gasteiger partial charge in [-0.25, -0.2) is 27.0 Å². The zero-order chi connectivity index (χ0) is 25.3. The lowest BCUT2D eigenvalue weighted by Gasteiger charge is -2.09. The molecular weight excluding hydrogens is 482 g/mol. The van der Waals surface area contributed by atoms with Gasteiger partial charge in [0.25, 0.3) is 0 Å². The van der Waals surface area contributed by atoms with E-state index in [0.29, 0.717) is 18.2 Å². The first-order chi connectivity index (χ1) is 16.5. The van der Waals surface area contributed by atoms with Crippen LogP contribution in [0.4, 0.5) is 14.5 Å². The topological polar surface area (TPSA) is 142 Å². The predicted molar refractivity (Wildman–Crippen MR) is 123 cm³/mol. The molecule has 2 aromatic heterocycles. The van der Waals surface area contributed by atoms with Crippen LogP contribution in [0.1, 0.15) is 37.5 Å². The lowest BCUT2D eigenvalue weighted by atomic mass is 10.0. The maximum Gasteiger partial charge on any atom is 0.335 e. The summed E-state index contributed by atoms with van der Waals surface area (Å²) in [5.41, 5.74) is 0.435. The minimum Gasteiger partial charge on any atom is -0.478 e. The highest BCUT2D eigenvalue weighted by Gasteiger charge is 2.25. The third kappa shape index (κ3) is 5.17. The number of aromatic amines is 1. The Morgan fingerprint density at radius 3 is 2.40 bits per heavy atom. The van der Waals surface area contributed by atoms with Crippen LogP contribution in [0.5, 0.6) is 0 Å². The van der Waals surface area contributed by atoms with Crippen molar-refractivity contribution in [3.63, 3.8) is 0 Å². The molecule has 0 bridgehead atoms. The monoisotopic (exact) mass is 500 g/mol. The second kappa shape index (κ2) is 9.22. The van der Waals surface area contributed by atoms with Gasteiger partial charge in [0, 0.05) is 6.20 Å². The van der Waals surface area contributed by atoms with Crippen molar-refractivity contribution < 1.29 is 31.9 Å².